The molecule has 0 aliphatic carbocycles. The number of aromatic hydroxyl groups is 1. The first kappa shape index (κ1) is 20.6. The van der Waals surface area contributed by atoms with Gasteiger partial charge in [-0.2, -0.15) is 0 Å². The van der Waals surface area contributed by atoms with Gasteiger partial charge in [0.1, 0.15) is 5.75 Å². The monoisotopic (exact) mass is 410 g/mol. The van der Waals surface area contributed by atoms with Gasteiger partial charge in [-0.25, -0.2) is 0 Å². The summed E-state index contributed by atoms with van der Waals surface area (Å²) in [6.07, 6.45) is 0. The average molecular weight is 411 g/mol. The van der Waals surface area contributed by atoms with Crippen molar-refractivity contribution in [2.45, 2.75) is 13.0 Å². The molecule has 0 aliphatic rings. The van der Waals surface area contributed by atoms with Crippen molar-refractivity contribution < 1.29 is 9.90 Å². The van der Waals surface area contributed by atoms with Crippen LogP contribution in [-0.2, 0) is 0 Å². The summed E-state index contributed by atoms with van der Waals surface area (Å²) in [5.41, 5.74) is 3.73. The van der Waals surface area contributed by atoms with Crippen LogP contribution < -0.4 is 5.32 Å². The number of phenolic OH excluding ortho intramolecular Hbond substituents is 1. The fourth-order valence-electron chi connectivity index (χ4n) is 4.08. The lowest BCUT2D eigenvalue weighted by molar-refractivity contribution is 0.102. The second kappa shape index (κ2) is 8.62. The molecule has 0 spiro atoms. The molecule has 0 bridgehead atoms. The van der Waals surface area contributed by atoms with Crippen LogP contribution in [0.5, 0.6) is 5.75 Å². The van der Waals surface area contributed by atoms with Gasteiger partial charge in [-0.1, -0.05) is 72.8 Å². The molecule has 1 unspecified atom stereocenters. The Hall–Kier alpha value is -3.63. The van der Waals surface area contributed by atoms with Gasteiger partial charge in [-0.3, -0.25) is 9.69 Å². The van der Waals surface area contributed by atoms with Crippen LogP contribution in [0.4, 0.5) is 5.69 Å². The fraction of sp³-hybridized carbons (Fsp3) is 0.148. The van der Waals surface area contributed by atoms with Crippen LogP contribution in [-0.4, -0.2) is 30.0 Å². The van der Waals surface area contributed by atoms with E-state index >= 15 is 0 Å². The molecule has 0 aliphatic heterocycles. The lowest BCUT2D eigenvalue weighted by atomic mass is 9.89. The molecule has 0 saturated carbocycles. The topological polar surface area (TPSA) is 52.6 Å². The predicted molar refractivity (Wildman–Crippen MR) is 127 cm³/mol. The Labute approximate surface area is 182 Å². The molecule has 1 atom stereocenters. The Morgan fingerprint density at radius 1 is 0.903 bits per heavy atom. The highest BCUT2D eigenvalue weighted by Gasteiger charge is 2.26. The second-order valence-corrected chi connectivity index (χ2v) is 7.95. The van der Waals surface area contributed by atoms with Crippen LogP contribution >= 0.6 is 0 Å². The van der Waals surface area contributed by atoms with E-state index in [0.717, 1.165) is 33.2 Å². The quantitative estimate of drug-likeness (QED) is 0.440. The van der Waals surface area contributed by atoms with E-state index in [1.54, 1.807) is 6.07 Å². The number of hydrogen-bond acceptors (Lipinski definition) is 3. The summed E-state index contributed by atoms with van der Waals surface area (Å²) >= 11 is 0. The summed E-state index contributed by atoms with van der Waals surface area (Å²) in [6.45, 7) is 1.94. The van der Waals surface area contributed by atoms with Crippen LogP contribution in [0, 0.1) is 6.92 Å². The third-order valence-corrected chi connectivity index (χ3v) is 5.60. The highest BCUT2D eigenvalue weighted by Crippen LogP contribution is 2.40. The molecular formula is C27H26N2O2. The van der Waals surface area contributed by atoms with Gasteiger partial charge in [0.25, 0.3) is 5.91 Å². The number of hydrogen-bond donors (Lipinski definition) is 2. The fourth-order valence-corrected chi connectivity index (χ4v) is 4.08. The molecule has 0 fully saturated rings. The molecule has 156 valence electrons. The molecule has 4 aromatic rings. The summed E-state index contributed by atoms with van der Waals surface area (Å²) in [7, 11) is 3.96. The molecule has 4 nitrogen and oxygen atoms in total. The lowest BCUT2D eigenvalue weighted by Crippen LogP contribution is -2.22. The Morgan fingerprint density at radius 2 is 1.55 bits per heavy atom. The average Bonchev–Trinajstić information content (AvgIpc) is 2.77. The van der Waals surface area contributed by atoms with E-state index in [1.807, 2.05) is 99.9 Å². The van der Waals surface area contributed by atoms with Crippen molar-refractivity contribution in [3.05, 3.63) is 107 Å². The highest BCUT2D eigenvalue weighted by molar-refractivity contribution is 6.10. The minimum absolute atomic E-state index is 0.00679. The number of carbonyl (C=O) groups excluding carboxylic acids is 1. The van der Waals surface area contributed by atoms with Crippen LogP contribution in [0.1, 0.15) is 33.1 Å². The van der Waals surface area contributed by atoms with Crippen LogP contribution in [0.25, 0.3) is 10.8 Å². The zero-order valence-electron chi connectivity index (χ0n) is 18.0. The minimum Gasteiger partial charge on any atom is -0.507 e. The predicted octanol–water partition coefficient (Wildman–Crippen LogP) is 5.76. The van der Waals surface area contributed by atoms with E-state index in [4.69, 9.17) is 0 Å². The summed E-state index contributed by atoms with van der Waals surface area (Å²) in [4.78, 5) is 15.3. The number of rotatable bonds is 5. The molecule has 2 N–H and O–H groups in total. The molecule has 4 aromatic carbocycles. The molecule has 4 rings (SSSR count). The molecular weight excluding hydrogens is 384 g/mol. The summed E-state index contributed by atoms with van der Waals surface area (Å²) in [5, 5.41) is 16.2. The molecule has 31 heavy (non-hydrogen) atoms. The van der Waals surface area contributed by atoms with Crippen molar-refractivity contribution in [3.8, 4) is 5.75 Å². The number of carbonyl (C=O) groups is 1. The van der Waals surface area contributed by atoms with Crippen LogP contribution in [0.15, 0.2) is 84.9 Å². The maximum Gasteiger partial charge on any atom is 0.259 e. The molecule has 0 heterocycles. The largest absolute Gasteiger partial charge is 0.507 e. The number of para-hydroxylation sites is 1. The maximum absolute atomic E-state index is 13.2. The van der Waals surface area contributed by atoms with Gasteiger partial charge >= 0.3 is 0 Å². The van der Waals surface area contributed by atoms with Gasteiger partial charge in [0.05, 0.1) is 11.6 Å². The van der Waals surface area contributed by atoms with Gasteiger partial charge in [-0.15, -0.1) is 0 Å². The minimum atomic E-state index is -0.329. The molecule has 0 radical (unpaired) electrons. The second-order valence-electron chi connectivity index (χ2n) is 7.95. The van der Waals surface area contributed by atoms with E-state index < -0.39 is 0 Å². The first-order valence-electron chi connectivity index (χ1n) is 10.3. The van der Waals surface area contributed by atoms with Gasteiger partial charge < -0.3 is 10.4 Å². The maximum atomic E-state index is 13.2. The van der Waals surface area contributed by atoms with Crippen molar-refractivity contribution in [2.75, 3.05) is 19.4 Å². The molecule has 4 heteroatoms. The van der Waals surface area contributed by atoms with E-state index in [9.17, 15) is 9.90 Å². The zero-order valence-corrected chi connectivity index (χ0v) is 18.0. The number of anilines is 1. The number of benzene rings is 4. The van der Waals surface area contributed by atoms with Crippen molar-refractivity contribution in [1.82, 2.24) is 4.90 Å². The van der Waals surface area contributed by atoms with Gasteiger partial charge in [-0.05, 0) is 55.1 Å². The number of phenols is 1. The van der Waals surface area contributed by atoms with Crippen molar-refractivity contribution in [3.63, 3.8) is 0 Å². The lowest BCUT2D eigenvalue weighted by Gasteiger charge is -2.28. The van der Waals surface area contributed by atoms with Crippen molar-refractivity contribution in [1.29, 1.82) is 0 Å². The van der Waals surface area contributed by atoms with Crippen molar-refractivity contribution >= 4 is 22.4 Å². The molecule has 0 saturated heterocycles. The Kier molecular flexibility index (Phi) is 5.74. The van der Waals surface area contributed by atoms with E-state index in [-0.39, 0.29) is 23.3 Å². The summed E-state index contributed by atoms with van der Waals surface area (Å²) in [6, 6.07) is 27.1. The summed E-state index contributed by atoms with van der Waals surface area (Å²) < 4.78 is 0. The Balaban J connectivity index is 1.90. The molecule has 1 amide bonds. The number of nitrogens with zero attached hydrogens (tertiary/aromatic N) is 1. The van der Waals surface area contributed by atoms with E-state index in [1.165, 1.54) is 0 Å². The number of nitrogens with one attached hydrogen (secondary N) is 1. The third-order valence-electron chi connectivity index (χ3n) is 5.60. The normalized spacial score (nSPS) is 12.1. The number of aryl methyl sites for hydroxylation is 1. The number of amides is 1. The van der Waals surface area contributed by atoms with Crippen LogP contribution in [0.3, 0.4) is 0 Å². The zero-order chi connectivity index (χ0) is 22.0. The Bertz CT molecular complexity index is 1230. The SMILES string of the molecule is Cc1ccccc1NC(=O)c1cc2ccccc2c(C(c2ccccc2)N(C)C)c1O. The first-order chi connectivity index (χ1) is 15.0. The number of fused-ring (bicyclic) bond motifs is 1. The Morgan fingerprint density at radius 3 is 2.26 bits per heavy atom. The van der Waals surface area contributed by atoms with E-state index in [2.05, 4.69) is 10.2 Å². The van der Waals surface area contributed by atoms with Crippen LogP contribution in [0.2, 0.25) is 0 Å². The third kappa shape index (κ3) is 4.03. The van der Waals surface area contributed by atoms with Gasteiger partial charge in [0.15, 0.2) is 0 Å². The highest BCUT2D eigenvalue weighted by atomic mass is 16.3. The summed E-state index contributed by atoms with van der Waals surface area (Å²) in [5.74, 6) is -0.322. The molecule has 0 aromatic heterocycles. The first-order valence-corrected chi connectivity index (χ1v) is 10.3. The smallest absolute Gasteiger partial charge is 0.259 e. The standard InChI is InChI=1S/C27H26N2O2/c1-18-11-7-10-16-23(18)28-27(31)22-17-20-14-8-9-15-21(20)24(26(22)30)25(29(2)3)19-12-5-4-6-13-19/h4-17,25,30H,1-3H3,(H,28,31). The van der Waals surface area contributed by atoms with E-state index in [0.29, 0.717) is 0 Å². The van der Waals surface area contributed by atoms with Gasteiger partial charge in [0, 0.05) is 11.3 Å². The van der Waals surface area contributed by atoms with Crippen molar-refractivity contribution in [2.24, 2.45) is 0 Å². The van der Waals surface area contributed by atoms with Gasteiger partial charge in [0.2, 0.25) is 0 Å².